The zero-order valence-electron chi connectivity index (χ0n) is 4.91. The van der Waals surface area contributed by atoms with Crippen molar-refractivity contribution >= 4 is 0 Å². The monoisotopic (exact) mass is 117 g/mol. The highest BCUT2D eigenvalue weighted by atomic mass is 16.5. The maximum absolute atomic E-state index is 8.85. The molecule has 3 nitrogen and oxygen atoms in total. The summed E-state index contributed by atoms with van der Waals surface area (Å²) < 4.78 is 0. The molecule has 1 fully saturated rings. The molecule has 2 unspecified atom stereocenters. The van der Waals surface area contributed by atoms with E-state index in [4.69, 9.17) is 10.3 Å². The Kier molecular flexibility index (Phi) is 1.51. The number of aliphatic hydroxyl groups excluding tert-OH is 1. The summed E-state index contributed by atoms with van der Waals surface area (Å²) in [6.45, 7) is 1.99. The van der Waals surface area contributed by atoms with Crippen molar-refractivity contribution in [2.45, 2.75) is 25.4 Å². The Morgan fingerprint density at radius 2 is 2.38 bits per heavy atom. The van der Waals surface area contributed by atoms with Crippen molar-refractivity contribution in [2.24, 2.45) is 0 Å². The molecule has 1 rings (SSSR count). The summed E-state index contributed by atoms with van der Waals surface area (Å²) in [6.07, 6.45) is 0.910. The molecule has 0 saturated carbocycles. The summed E-state index contributed by atoms with van der Waals surface area (Å²) in [6, 6.07) is 0.247. The molecule has 0 amide bonds. The Hall–Kier alpha value is -0.120. The van der Waals surface area contributed by atoms with Crippen LogP contribution in [-0.2, 0) is 0 Å². The van der Waals surface area contributed by atoms with E-state index in [1.54, 1.807) is 0 Å². The van der Waals surface area contributed by atoms with Gasteiger partial charge >= 0.3 is 0 Å². The predicted molar refractivity (Wildman–Crippen MR) is 28.6 cm³/mol. The summed E-state index contributed by atoms with van der Waals surface area (Å²) in [5, 5.41) is 18.5. The maximum Gasteiger partial charge on any atom is 0.0610 e. The Bertz CT molecular complexity index is 86.5. The van der Waals surface area contributed by atoms with Gasteiger partial charge in [0, 0.05) is 6.04 Å². The minimum Gasteiger partial charge on any atom is -0.395 e. The van der Waals surface area contributed by atoms with Crippen LogP contribution >= 0.6 is 0 Å². The van der Waals surface area contributed by atoms with Gasteiger partial charge in [-0.2, -0.15) is 5.06 Å². The van der Waals surface area contributed by atoms with Crippen LogP contribution in [0.4, 0.5) is 0 Å². The van der Waals surface area contributed by atoms with Gasteiger partial charge < -0.3 is 10.3 Å². The molecule has 0 aromatic heterocycles. The van der Waals surface area contributed by atoms with Crippen molar-refractivity contribution < 1.29 is 10.3 Å². The van der Waals surface area contributed by atoms with Gasteiger partial charge in [0.25, 0.3) is 0 Å². The lowest BCUT2D eigenvalue weighted by molar-refractivity contribution is -0.226. The Labute approximate surface area is 48.5 Å². The highest BCUT2D eigenvalue weighted by Gasteiger charge is 2.32. The minimum absolute atomic E-state index is 0.00463. The third kappa shape index (κ3) is 0.727. The number of hydroxylamine groups is 2. The largest absolute Gasteiger partial charge is 0.395 e. The smallest absolute Gasteiger partial charge is 0.0610 e. The van der Waals surface area contributed by atoms with Crippen molar-refractivity contribution in [1.82, 2.24) is 5.06 Å². The van der Waals surface area contributed by atoms with Crippen LogP contribution in [0.1, 0.15) is 13.3 Å². The van der Waals surface area contributed by atoms with E-state index in [0.717, 1.165) is 6.42 Å². The fraction of sp³-hybridized carbons (Fsp3) is 1.00. The molecule has 8 heavy (non-hydrogen) atoms. The lowest BCUT2D eigenvalue weighted by Gasteiger charge is -2.40. The molecule has 1 aliphatic heterocycles. The molecular formula is C5H11NO2. The summed E-state index contributed by atoms with van der Waals surface area (Å²) in [5.41, 5.74) is 0. The van der Waals surface area contributed by atoms with Gasteiger partial charge in [-0.15, -0.1) is 0 Å². The van der Waals surface area contributed by atoms with Crippen molar-refractivity contribution in [3.8, 4) is 0 Å². The SMILES string of the molecule is CC1CC(CO)N1O. The van der Waals surface area contributed by atoms with E-state index in [2.05, 4.69) is 0 Å². The van der Waals surface area contributed by atoms with Gasteiger partial charge in [0.1, 0.15) is 0 Å². The summed E-state index contributed by atoms with van der Waals surface area (Å²) in [7, 11) is 0. The number of aliphatic hydroxyl groups is 1. The quantitative estimate of drug-likeness (QED) is 0.501. The van der Waals surface area contributed by atoms with E-state index >= 15 is 0 Å². The standard InChI is InChI=1S/C5H11NO2/c1-4-2-5(3-7)6(4)8/h4-5,7-8H,2-3H2,1H3. The van der Waals surface area contributed by atoms with E-state index in [-0.39, 0.29) is 18.7 Å². The van der Waals surface area contributed by atoms with Crippen molar-refractivity contribution in [3.63, 3.8) is 0 Å². The lowest BCUT2D eigenvalue weighted by Crippen LogP contribution is -2.53. The number of hydrogen-bond donors (Lipinski definition) is 2. The van der Waals surface area contributed by atoms with Crippen molar-refractivity contribution in [2.75, 3.05) is 6.61 Å². The molecule has 1 heterocycles. The molecule has 2 atom stereocenters. The maximum atomic E-state index is 8.85. The van der Waals surface area contributed by atoms with Gasteiger partial charge in [-0.25, -0.2) is 0 Å². The second-order valence-corrected chi connectivity index (χ2v) is 2.30. The first-order chi connectivity index (χ1) is 3.75. The Morgan fingerprint density at radius 3 is 2.50 bits per heavy atom. The molecule has 0 aliphatic carbocycles. The minimum atomic E-state index is 0.00463. The summed E-state index contributed by atoms with van der Waals surface area (Å²) >= 11 is 0. The van der Waals surface area contributed by atoms with Gasteiger partial charge in [-0.3, -0.25) is 0 Å². The predicted octanol–water partition coefficient (Wildman–Crippen LogP) is -0.169. The van der Waals surface area contributed by atoms with Crippen LogP contribution in [-0.4, -0.2) is 34.1 Å². The Balaban J connectivity index is 2.25. The third-order valence-corrected chi connectivity index (χ3v) is 1.65. The van der Waals surface area contributed by atoms with E-state index in [1.807, 2.05) is 6.92 Å². The fourth-order valence-corrected chi connectivity index (χ4v) is 0.990. The topological polar surface area (TPSA) is 43.7 Å². The molecule has 0 aromatic rings. The van der Waals surface area contributed by atoms with Crippen LogP contribution in [0.5, 0.6) is 0 Å². The number of nitrogens with zero attached hydrogens (tertiary/aromatic N) is 1. The molecule has 1 aliphatic rings. The van der Waals surface area contributed by atoms with Gasteiger partial charge in [-0.05, 0) is 13.3 Å². The van der Waals surface area contributed by atoms with Crippen LogP contribution in [0, 0.1) is 0 Å². The fourth-order valence-electron chi connectivity index (χ4n) is 0.990. The average molecular weight is 117 g/mol. The molecule has 3 heteroatoms. The Morgan fingerprint density at radius 1 is 1.75 bits per heavy atom. The highest BCUT2D eigenvalue weighted by molar-refractivity contribution is 4.82. The number of rotatable bonds is 1. The summed E-state index contributed by atoms with van der Waals surface area (Å²) in [4.78, 5) is 0. The summed E-state index contributed by atoms with van der Waals surface area (Å²) in [5.74, 6) is 0. The molecule has 0 spiro atoms. The van der Waals surface area contributed by atoms with Gasteiger partial charge in [0.05, 0.1) is 12.6 Å². The normalized spacial score (nSPS) is 39.4. The zero-order chi connectivity index (χ0) is 6.15. The first kappa shape index (κ1) is 6.01. The third-order valence-electron chi connectivity index (χ3n) is 1.65. The molecule has 0 bridgehead atoms. The molecular weight excluding hydrogens is 106 g/mol. The van der Waals surface area contributed by atoms with Crippen molar-refractivity contribution in [3.05, 3.63) is 0 Å². The second-order valence-electron chi connectivity index (χ2n) is 2.30. The van der Waals surface area contributed by atoms with E-state index in [1.165, 1.54) is 5.06 Å². The molecule has 2 N–H and O–H groups in total. The van der Waals surface area contributed by atoms with Crippen molar-refractivity contribution in [1.29, 1.82) is 0 Å². The van der Waals surface area contributed by atoms with Gasteiger partial charge in [0.2, 0.25) is 0 Å². The van der Waals surface area contributed by atoms with Crippen LogP contribution in [0.2, 0.25) is 0 Å². The van der Waals surface area contributed by atoms with Gasteiger partial charge in [-0.1, -0.05) is 0 Å². The van der Waals surface area contributed by atoms with Crippen LogP contribution < -0.4 is 0 Å². The van der Waals surface area contributed by atoms with Gasteiger partial charge in [0.15, 0.2) is 0 Å². The molecule has 48 valence electrons. The molecule has 0 radical (unpaired) electrons. The zero-order valence-corrected chi connectivity index (χ0v) is 4.91. The number of hydrogen-bond acceptors (Lipinski definition) is 3. The van der Waals surface area contributed by atoms with E-state index in [9.17, 15) is 0 Å². The lowest BCUT2D eigenvalue weighted by atomic mass is 9.99. The average Bonchev–Trinajstić information content (AvgIpc) is 1.81. The van der Waals surface area contributed by atoms with Crippen LogP contribution in [0.15, 0.2) is 0 Å². The van der Waals surface area contributed by atoms with E-state index in [0.29, 0.717) is 0 Å². The molecule has 0 aromatic carbocycles. The van der Waals surface area contributed by atoms with Crippen LogP contribution in [0.3, 0.4) is 0 Å². The van der Waals surface area contributed by atoms with E-state index < -0.39 is 0 Å². The molecule has 1 saturated heterocycles. The van der Waals surface area contributed by atoms with Crippen LogP contribution in [0.25, 0.3) is 0 Å². The second kappa shape index (κ2) is 2.01. The first-order valence-electron chi connectivity index (χ1n) is 2.83. The highest BCUT2D eigenvalue weighted by Crippen LogP contribution is 2.21. The first-order valence-corrected chi connectivity index (χ1v) is 2.83.